The Bertz CT molecular complexity index is 2370. The highest BCUT2D eigenvalue weighted by Crippen LogP contribution is 2.56. The molecule has 9 rings (SSSR count). The number of hydrogen-bond acceptors (Lipinski definition) is 11. The number of piperazine rings is 1. The van der Waals surface area contributed by atoms with E-state index in [-0.39, 0.29) is 36.9 Å². The number of benzene rings is 2. The van der Waals surface area contributed by atoms with Gasteiger partial charge in [0.25, 0.3) is 17.4 Å². The number of hydrogen-bond donors (Lipinski definition) is 2. The van der Waals surface area contributed by atoms with Crippen molar-refractivity contribution in [3.05, 3.63) is 74.7 Å². The van der Waals surface area contributed by atoms with E-state index < -0.39 is 23.8 Å². The zero-order chi connectivity index (χ0) is 43.4. The van der Waals surface area contributed by atoms with Crippen LogP contribution in [0.4, 0.5) is 10.5 Å². The number of nitrogens with one attached hydrogen (secondary N) is 2. The van der Waals surface area contributed by atoms with Crippen molar-refractivity contribution in [2.24, 2.45) is 18.4 Å². The fraction of sp³-hybridized carbons (Fsp3) is 0.522. The summed E-state index contributed by atoms with van der Waals surface area (Å²) in [5.41, 5.74) is 6.21. The molecule has 16 nitrogen and oxygen atoms in total. The second-order valence-electron chi connectivity index (χ2n) is 17.9. The molecule has 0 radical (unpaired) electrons. The van der Waals surface area contributed by atoms with Crippen molar-refractivity contribution in [1.29, 1.82) is 0 Å². The number of amides is 6. The van der Waals surface area contributed by atoms with Crippen molar-refractivity contribution in [2.45, 2.75) is 64.1 Å². The van der Waals surface area contributed by atoms with Gasteiger partial charge < -0.3 is 29.2 Å². The first kappa shape index (κ1) is 41.6. The van der Waals surface area contributed by atoms with E-state index in [0.717, 1.165) is 103 Å². The highest BCUT2D eigenvalue weighted by atomic mass is 16.5. The molecule has 2 aromatic carbocycles. The quantitative estimate of drug-likeness (QED) is 0.288. The minimum atomic E-state index is -0.974. The van der Waals surface area contributed by atoms with Crippen LogP contribution in [0.15, 0.2) is 41.3 Å². The van der Waals surface area contributed by atoms with Crippen molar-refractivity contribution in [3.8, 4) is 22.6 Å². The first-order chi connectivity index (χ1) is 29.9. The number of piperidine rings is 2. The second kappa shape index (κ2) is 16.5. The largest absolute Gasteiger partial charge is 0.496 e. The van der Waals surface area contributed by atoms with Crippen molar-refractivity contribution in [2.75, 3.05) is 78.5 Å². The minimum Gasteiger partial charge on any atom is -0.496 e. The maximum Gasteiger partial charge on any atom is 0.317 e. The third kappa shape index (κ3) is 7.50. The Morgan fingerprint density at radius 1 is 0.806 bits per heavy atom. The predicted octanol–water partition coefficient (Wildman–Crippen LogP) is 2.98. The van der Waals surface area contributed by atoms with Gasteiger partial charge in [0, 0.05) is 89.3 Å². The number of methoxy groups -OCH3 is 2. The van der Waals surface area contributed by atoms with Crippen LogP contribution in [0, 0.1) is 11.3 Å². The van der Waals surface area contributed by atoms with Gasteiger partial charge in [-0.1, -0.05) is 0 Å². The molecule has 0 bridgehead atoms. The summed E-state index contributed by atoms with van der Waals surface area (Å²) in [6.07, 6.45) is 7.47. The average molecular weight is 849 g/mol. The van der Waals surface area contributed by atoms with Gasteiger partial charge in [-0.25, -0.2) is 4.79 Å². The predicted molar refractivity (Wildman–Crippen MR) is 230 cm³/mol. The van der Waals surface area contributed by atoms with E-state index in [0.29, 0.717) is 47.5 Å². The smallest absolute Gasteiger partial charge is 0.317 e. The molecule has 5 aliphatic heterocycles. The highest BCUT2D eigenvalue weighted by Gasteiger charge is 2.51. The van der Waals surface area contributed by atoms with Crippen LogP contribution in [-0.4, -0.2) is 133 Å². The molecule has 6 amide bonds. The number of aromatic nitrogens is 1. The zero-order valence-electron chi connectivity index (χ0n) is 36.1. The average Bonchev–Trinajstić information content (AvgIpc) is 4.03. The number of likely N-dealkylation sites (tertiary alicyclic amines) is 1. The van der Waals surface area contributed by atoms with E-state index in [2.05, 4.69) is 37.5 Å². The number of anilines is 1. The van der Waals surface area contributed by atoms with Gasteiger partial charge in [-0.3, -0.25) is 44.0 Å². The molecule has 3 aromatic rings. The second-order valence-corrected chi connectivity index (χ2v) is 17.9. The summed E-state index contributed by atoms with van der Waals surface area (Å²) in [5, 5.41) is 4.93. The summed E-state index contributed by atoms with van der Waals surface area (Å²) in [6, 6.07) is 8.32. The fourth-order valence-electron chi connectivity index (χ4n) is 10.7. The van der Waals surface area contributed by atoms with Gasteiger partial charge in [-0.2, -0.15) is 0 Å². The Hall–Kier alpha value is -5.74. The Kier molecular flexibility index (Phi) is 11.1. The number of carbonyl (C=O) groups excluding carboxylic acids is 5. The Labute approximate surface area is 361 Å². The molecule has 2 N–H and O–H groups in total. The first-order valence-electron chi connectivity index (χ1n) is 21.9. The van der Waals surface area contributed by atoms with Crippen molar-refractivity contribution >= 4 is 35.3 Å². The number of nitrogens with zero attached hydrogens (tertiary/aromatic N) is 6. The van der Waals surface area contributed by atoms with Crippen molar-refractivity contribution in [3.63, 3.8) is 0 Å². The van der Waals surface area contributed by atoms with Crippen LogP contribution in [0.1, 0.15) is 75.9 Å². The lowest BCUT2D eigenvalue weighted by Gasteiger charge is -2.41. The van der Waals surface area contributed by atoms with Crippen LogP contribution >= 0.6 is 0 Å². The van der Waals surface area contributed by atoms with Gasteiger partial charge in [-0.15, -0.1) is 0 Å². The van der Waals surface area contributed by atoms with Crippen LogP contribution in [0.2, 0.25) is 0 Å². The topological polar surface area (TPSA) is 166 Å². The van der Waals surface area contributed by atoms with Gasteiger partial charge in [0.2, 0.25) is 11.8 Å². The molecule has 0 spiro atoms. The Morgan fingerprint density at radius 3 is 2.15 bits per heavy atom. The number of urea groups is 1. The van der Waals surface area contributed by atoms with Crippen LogP contribution in [-0.2, 0) is 36.1 Å². The summed E-state index contributed by atoms with van der Waals surface area (Å²) in [5.74, 6) is 0.198. The number of rotatable bonds is 10. The van der Waals surface area contributed by atoms with Gasteiger partial charge in [0.1, 0.15) is 17.5 Å². The molecule has 1 unspecified atom stereocenters. The lowest BCUT2D eigenvalue weighted by molar-refractivity contribution is -0.136. The third-order valence-electron chi connectivity index (χ3n) is 14.4. The number of ether oxygens (including phenoxy) is 2. The summed E-state index contributed by atoms with van der Waals surface area (Å²) in [6.45, 7) is 8.02. The number of fused-ring (bicyclic) bond motifs is 2. The van der Waals surface area contributed by atoms with E-state index in [1.807, 2.05) is 12.3 Å². The molecule has 3 saturated heterocycles. The van der Waals surface area contributed by atoms with E-state index in [1.165, 1.54) is 12.8 Å². The number of pyridine rings is 1. The number of imide groups is 2. The van der Waals surface area contributed by atoms with E-state index in [1.54, 1.807) is 49.9 Å². The standard InChI is InChI=1S/C46H56N8O8/c1-47-45(60)53-16-11-31-34(24-49(2)42(57)35(31)26-53)28-21-38(61-3)36(39(22-28)62-4)25-50-14-9-29(10-15-50)46(12-13-46)27-51-17-19-52(20-18-51)30-5-6-32-33(23-30)44(59)54(43(32)58)37-7-8-40(55)48-41(37)56/h5-6,21-24,29,37H,7-20,25-27H2,1-4H3,(H,47,60)(H,48,55,56). The van der Waals surface area contributed by atoms with E-state index in [4.69, 9.17) is 9.47 Å². The number of carbonyl (C=O) groups is 5. The Morgan fingerprint density at radius 2 is 1.50 bits per heavy atom. The van der Waals surface area contributed by atoms with Crippen LogP contribution in [0.25, 0.3) is 11.1 Å². The fourth-order valence-corrected chi connectivity index (χ4v) is 10.7. The molecule has 1 atom stereocenters. The van der Waals surface area contributed by atoms with Crippen LogP contribution in [0.3, 0.4) is 0 Å². The van der Waals surface area contributed by atoms with Crippen molar-refractivity contribution in [1.82, 2.24) is 34.8 Å². The summed E-state index contributed by atoms with van der Waals surface area (Å²) < 4.78 is 13.6. The van der Waals surface area contributed by atoms with Crippen LogP contribution in [0.5, 0.6) is 11.5 Å². The zero-order valence-corrected chi connectivity index (χ0v) is 36.1. The number of aryl methyl sites for hydroxylation is 1. The van der Waals surface area contributed by atoms with E-state index in [9.17, 15) is 28.8 Å². The van der Waals surface area contributed by atoms with Crippen molar-refractivity contribution < 1.29 is 33.4 Å². The summed E-state index contributed by atoms with van der Waals surface area (Å²) in [4.78, 5) is 86.6. The van der Waals surface area contributed by atoms with Gasteiger partial charge in [0.05, 0.1) is 37.5 Å². The molecular weight excluding hydrogens is 793 g/mol. The lowest BCUT2D eigenvalue weighted by Crippen LogP contribution is -2.54. The first-order valence-corrected chi connectivity index (χ1v) is 21.9. The maximum atomic E-state index is 13.4. The monoisotopic (exact) mass is 848 g/mol. The van der Waals surface area contributed by atoms with Crippen LogP contribution < -0.4 is 30.6 Å². The third-order valence-corrected chi connectivity index (χ3v) is 14.4. The normalized spacial score (nSPS) is 21.7. The molecule has 328 valence electrons. The highest BCUT2D eigenvalue weighted by molar-refractivity contribution is 6.23. The molecular formula is C46H56N8O8. The SMILES string of the molecule is CNC(=O)N1CCc2c(-c3cc(OC)c(CN4CCC(C5(CN6CCN(c7ccc8c(c7)C(=O)N(C7CCC(=O)NC7=O)C8=O)CC6)CC5)CC4)c(OC)c3)cn(C)c(=O)c2C1. The van der Waals surface area contributed by atoms with Gasteiger partial charge in [-0.05, 0) is 104 Å². The van der Waals surface area contributed by atoms with Gasteiger partial charge in [0.15, 0.2) is 0 Å². The molecule has 6 heterocycles. The molecule has 6 aliphatic rings. The maximum absolute atomic E-state index is 13.4. The molecule has 1 saturated carbocycles. The molecule has 62 heavy (non-hydrogen) atoms. The molecule has 1 aliphatic carbocycles. The lowest BCUT2D eigenvalue weighted by atomic mass is 9.81. The Balaban J connectivity index is 0.808. The summed E-state index contributed by atoms with van der Waals surface area (Å²) in [7, 11) is 6.73. The molecule has 4 fully saturated rings. The van der Waals surface area contributed by atoms with E-state index >= 15 is 0 Å². The molecule has 1 aromatic heterocycles. The minimum absolute atomic E-state index is 0.0923. The summed E-state index contributed by atoms with van der Waals surface area (Å²) >= 11 is 0. The van der Waals surface area contributed by atoms with Gasteiger partial charge >= 0.3 is 6.03 Å². The molecule has 16 heteroatoms.